The molecule has 44 heavy (non-hydrogen) atoms. The van der Waals surface area contributed by atoms with E-state index in [0.717, 1.165) is 64.2 Å². The quantitative estimate of drug-likeness (QED) is 0.161. The Morgan fingerprint density at radius 3 is 2.57 bits per heavy atom. The zero-order valence-corrected chi connectivity index (χ0v) is 26.0. The van der Waals surface area contributed by atoms with Crippen LogP contribution in [0, 0.1) is 0 Å². The first-order valence-corrected chi connectivity index (χ1v) is 15.6. The lowest BCUT2D eigenvalue weighted by Gasteiger charge is -2.31. The van der Waals surface area contributed by atoms with Crippen molar-refractivity contribution in [1.29, 1.82) is 0 Å². The Balaban J connectivity index is 1.28. The van der Waals surface area contributed by atoms with Crippen LogP contribution < -0.4 is 9.64 Å². The van der Waals surface area contributed by atoms with Gasteiger partial charge in [-0.05, 0) is 71.7 Å². The Kier molecular flexibility index (Phi) is 9.08. The zero-order chi connectivity index (χ0) is 30.5. The Labute approximate surface area is 264 Å². The van der Waals surface area contributed by atoms with Crippen LogP contribution in [0.1, 0.15) is 72.0 Å². The van der Waals surface area contributed by atoms with Gasteiger partial charge in [-0.15, -0.1) is 0 Å². The van der Waals surface area contributed by atoms with Crippen LogP contribution >= 0.6 is 11.6 Å². The molecule has 0 radical (unpaired) electrons. The highest BCUT2D eigenvalue weighted by molar-refractivity contribution is 6.31. The monoisotopic (exact) mass is 604 g/mol. The van der Waals surface area contributed by atoms with Crippen molar-refractivity contribution in [2.24, 2.45) is 0 Å². The summed E-state index contributed by atoms with van der Waals surface area (Å²) in [5.74, 6) is 0.945. The maximum absolute atomic E-state index is 14.5. The van der Waals surface area contributed by atoms with Crippen molar-refractivity contribution in [3.05, 3.63) is 142 Å². The molecule has 2 heterocycles. The van der Waals surface area contributed by atoms with Crippen molar-refractivity contribution in [3.63, 3.8) is 0 Å². The number of pyridine rings is 1. The molecule has 0 N–H and O–H groups in total. The third kappa shape index (κ3) is 6.71. The molecule has 1 amide bonds. The highest BCUT2D eigenvalue weighted by Gasteiger charge is 2.32. The molecule has 3 aromatic carbocycles. The molecule has 1 aliphatic rings. The van der Waals surface area contributed by atoms with Crippen LogP contribution in [-0.4, -0.2) is 20.7 Å². The van der Waals surface area contributed by atoms with Crippen LogP contribution in [0.3, 0.4) is 0 Å². The number of carbonyl (C=O) groups excluding carboxylic acids is 1. The molecule has 224 valence electrons. The number of amides is 1. The Morgan fingerprint density at radius 2 is 1.80 bits per heavy atom. The summed E-state index contributed by atoms with van der Waals surface area (Å²) in [5.41, 5.74) is 7.02. The van der Waals surface area contributed by atoms with Crippen molar-refractivity contribution >= 4 is 23.2 Å². The number of rotatable bonds is 10. The summed E-state index contributed by atoms with van der Waals surface area (Å²) in [6, 6.07) is 28.1. The van der Waals surface area contributed by atoms with E-state index in [9.17, 15) is 4.79 Å². The fourth-order valence-corrected chi connectivity index (χ4v) is 6.08. The second-order valence-electron chi connectivity index (χ2n) is 11.7. The van der Waals surface area contributed by atoms with Crippen molar-refractivity contribution in [2.45, 2.75) is 64.6 Å². The number of aromatic nitrogens is 3. The van der Waals surface area contributed by atoms with Gasteiger partial charge >= 0.3 is 0 Å². The van der Waals surface area contributed by atoms with Gasteiger partial charge in [0.2, 0.25) is 5.91 Å². The highest BCUT2D eigenvalue weighted by Crippen LogP contribution is 2.39. The lowest BCUT2D eigenvalue weighted by atomic mass is 9.81. The van der Waals surface area contributed by atoms with Gasteiger partial charge in [0, 0.05) is 22.5 Å². The molecular weight excluding hydrogens is 568 g/mol. The number of carbonyl (C=O) groups is 1. The van der Waals surface area contributed by atoms with Gasteiger partial charge < -0.3 is 9.64 Å². The maximum Gasteiger partial charge on any atom is 0.234 e. The normalized spacial score (nSPS) is 14.3. The molecule has 0 fully saturated rings. The van der Waals surface area contributed by atoms with Crippen molar-refractivity contribution < 1.29 is 9.53 Å². The van der Waals surface area contributed by atoms with Gasteiger partial charge in [0.05, 0.1) is 37.1 Å². The topological polar surface area (TPSA) is 60.2 Å². The SMILES string of the molecule is CC(C)c1ccc(N(Cc2cnn(Cc3ccccc3Cl)c2)C(=O)C2CCCc3c(OCc4ccccc4)cccc32)cn1. The van der Waals surface area contributed by atoms with E-state index in [1.54, 1.807) is 0 Å². The second kappa shape index (κ2) is 13.5. The van der Waals surface area contributed by atoms with Crippen molar-refractivity contribution in [2.75, 3.05) is 4.90 Å². The van der Waals surface area contributed by atoms with E-state index in [1.807, 2.05) is 94.9 Å². The number of hydrogen-bond acceptors (Lipinski definition) is 4. The molecule has 1 atom stereocenters. The molecule has 5 aromatic rings. The van der Waals surface area contributed by atoms with E-state index >= 15 is 0 Å². The molecule has 1 unspecified atom stereocenters. The molecule has 2 aromatic heterocycles. The summed E-state index contributed by atoms with van der Waals surface area (Å²) in [4.78, 5) is 21.1. The van der Waals surface area contributed by atoms with Crippen LogP contribution in [0.4, 0.5) is 5.69 Å². The van der Waals surface area contributed by atoms with E-state index in [1.165, 1.54) is 0 Å². The molecule has 0 bridgehead atoms. The predicted molar refractivity (Wildman–Crippen MR) is 175 cm³/mol. The smallest absolute Gasteiger partial charge is 0.234 e. The van der Waals surface area contributed by atoms with Gasteiger partial charge in [0.25, 0.3) is 0 Å². The average molecular weight is 605 g/mol. The van der Waals surface area contributed by atoms with Crippen LogP contribution in [0.25, 0.3) is 0 Å². The molecule has 0 saturated carbocycles. The summed E-state index contributed by atoms with van der Waals surface area (Å²) < 4.78 is 8.17. The minimum atomic E-state index is -0.276. The number of benzene rings is 3. The molecule has 6 rings (SSSR count). The van der Waals surface area contributed by atoms with Gasteiger partial charge in [0.1, 0.15) is 12.4 Å². The molecule has 0 spiro atoms. The zero-order valence-electron chi connectivity index (χ0n) is 25.2. The third-order valence-electron chi connectivity index (χ3n) is 8.26. The minimum absolute atomic E-state index is 0.0594. The molecule has 0 saturated heterocycles. The largest absolute Gasteiger partial charge is 0.489 e. The van der Waals surface area contributed by atoms with Gasteiger partial charge in [-0.3, -0.25) is 14.5 Å². The van der Waals surface area contributed by atoms with E-state index in [4.69, 9.17) is 21.3 Å². The van der Waals surface area contributed by atoms with E-state index in [2.05, 4.69) is 37.1 Å². The standard InChI is InChI=1S/C37H37ClN4O2/c1-26(2)35-19-18-30(21-39-35)42(23-28-20-40-41(22-28)24-29-12-6-7-16-34(29)38)37(43)33-15-8-14-32-31(33)13-9-17-36(32)44-25-27-10-4-3-5-11-27/h3-7,9-13,16-22,26,33H,8,14-15,23-25H2,1-2H3. The van der Waals surface area contributed by atoms with Gasteiger partial charge in [-0.1, -0.05) is 86.1 Å². The van der Waals surface area contributed by atoms with Crippen molar-refractivity contribution in [3.8, 4) is 5.75 Å². The number of ether oxygens (including phenoxy) is 1. The lowest BCUT2D eigenvalue weighted by Crippen LogP contribution is -2.36. The summed E-state index contributed by atoms with van der Waals surface area (Å²) in [6.07, 6.45) is 8.24. The van der Waals surface area contributed by atoms with Gasteiger partial charge in [0.15, 0.2) is 0 Å². The minimum Gasteiger partial charge on any atom is -0.489 e. The van der Waals surface area contributed by atoms with Crippen LogP contribution in [-0.2, 0) is 30.9 Å². The average Bonchev–Trinajstić information content (AvgIpc) is 3.50. The molecule has 6 nitrogen and oxygen atoms in total. The molecular formula is C37H37ClN4O2. The molecule has 1 aliphatic carbocycles. The number of fused-ring (bicyclic) bond motifs is 1. The predicted octanol–water partition coefficient (Wildman–Crippen LogP) is 8.34. The number of anilines is 1. The van der Waals surface area contributed by atoms with Crippen LogP contribution in [0.15, 0.2) is 104 Å². The summed E-state index contributed by atoms with van der Waals surface area (Å²) in [6.45, 7) is 5.68. The summed E-state index contributed by atoms with van der Waals surface area (Å²) in [5, 5.41) is 5.30. The van der Waals surface area contributed by atoms with Gasteiger partial charge in [-0.2, -0.15) is 5.10 Å². The van der Waals surface area contributed by atoms with E-state index < -0.39 is 0 Å². The Bertz CT molecular complexity index is 1720. The molecule has 0 aliphatic heterocycles. The lowest BCUT2D eigenvalue weighted by molar-refractivity contribution is -0.120. The number of hydrogen-bond donors (Lipinski definition) is 0. The number of halogens is 1. The van der Waals surface area contributed by atoms with Crippen LogP contribution in [0.5, 0.6) is 5.75 Å². The maximum atomic E-state index is 14.5. The fraction of sp³-hybridized carbons (Fsp3) is 0.270. The third-order valence-corrected chi connectivity index (χ3v) is 8.63. The first kappa shape index (κ1) is 29.6. The Hall–Kier alpha value is -4.42. The van der Waals surface area contributed by atoms with Gasteiger partial charge in [-0.25, -0.2) is 0 Å². The first-order valence-electron chi connectivity index (χ1n) is 15.3. The molecule has 7 heteroatoms. The van der Waals surface area contributed by atoms with E-state index in [-0.39, 0.29) is 11.8 Å². The highest BCUT2D eigenvalue weighted by atomic mass is 35.5. The van der Waals surface area contributed by atoms with E-state index in [0.29, 0.717) is 30.6 Å². The van der Waals surface area contributed by atoms with Crippen molar-refractivity contribution in [1.82, 2.24) is 14.8 Å². The fourth-order valence-electron chi connectivity index (χ4n) is 5.88. The Morgan fingerprint density at radius 1 is 0.977 bits per heavy atom. The van der Waals surface area contributed by atoms with Crippen LogP contribution in [0.2, 0.25) is 5.02 Å². The summed E-state index contributed by atoms with van der Waals surface area (Å²) >= 11 is 6.40. The second-order valence-corrected chi connectivity index (χ2v) is 12.1. The summed E-state index contributed by atoms with van der Waals surface area (Å²) in [7, 11) is 0. The first-order chi connectivity index (χ1) is 21.5. The number of nitrogens with zero attached hydrogens (tertiary/aromatic N) is 4.